The molecule has 1 aromatic carbocycles. The fourth-order valence-corrected chi connectivity index (χ4v) is 3.13. The molecule has 0 spiro atoms. The molecular weight excluding hydrogens is 394 g/mol. The van der Waals surface area contributed by atoms with E-state index in [9.17, 15) is 9.59 Å². The second-order valence-electron chi connectivity index (χ2n) is 5.89. The van der Waals surface area contributed by atoms with Crippen molar-refractivity contribution in [3.8, 4) is 11.8 Å². The van der Waals surface area contributed by atoms with E-state index in [1.54, 1.807) is 52.0 Å². The molecule has 0 aliphatic rings. The summed E-state index contributed by atoms with van der Waals surface area (Å²) >= 11 is 1.10. The topological polar surface area (TPSA) is 126 Å². The zero-order valence-corrected chi connectivity index (χ0v) is 17.3. The van der Waals surface area contributed by atoms with E-state index in [1.165, 1.54) is 0 Å². The predicted octanol–water partition coefficient (Wildman–Crippen LogP) is 3.20. The molecule has 0 aliphatic heterocycles. The number of nitrogens with zero attached hydrogens (tertiary/aromatic N) is 3. The zero-order valence-electron chi connectivity index (χ0n) is 16.5. The molecule has 0 saturated heterocycles. The minimum Gasteiger partial charge on any atom is -0.481 e. The van der Waals surface area contributed by atoms with Crippen LogP contribution in [0, 0.1) is 18.3 Å². The minimum absolute atomic E-state index is 0.249. The third-order valence-corrected chi connectivity index (χ3v) is 4.57. The Labute approximate surface area is 172 Å². The van der Waals surface area contributed by atoms with E-state index >= 15 is 0 Å². The van der Waals surface area contributed by atoms with Crippen LogP contribution in [-0.2, 0) is 9.53 Å². The number of carbonyl (C=O) groups excluding carboxylic acids is 2. The van der Waals surface area contributed by atoms with E-state index in [-0.39, 0.29) is 6.61 Å². The highest BCUT2D eigenvalue weighted by Crippen LogP contribution is 2.25. The first-order chi connectivity index (χ1) is 13.8. The van der Waals surface area contributed by atoms with Crippen molar-refractivity contribution in [3.63, 3.8) is 0 Å². The third-order valence-electron chi connectivity index (χ3n) is 3.71. The van der Waals surface area contributed by atoms with Crippen LogP contribution >= 0.6 is 11.5 Å². The van der Waals surface area contributed by atoms with Gasteiger partial charge in [-0.2, -0.15) is 14.7 Å². The number of hydrogen-bond donors (Lipinski definition) is 2. The van der Waals surface area contributed by atoms with Crippen LogP contribution in [0.15, 0.2) is 29.4 Å². The second kappa shape index (κ2) is 10.2. The molecule has 0 fully saturated rings. The lowest BCUT2D eigenvalue weighted by Gasteiger charge is -2.13. The summed E-state index contributed by atoms with van der Waals surface area (Å²) in [6, 6.07) is 8.45. The van der Waals surface area contributed by atoms with Crippen molar-refractivity contribution in [2.45, 2.75) is 33.8 Å². The van der Waals surface area contributed by atoms with E-state index in [0.29, 0.717) is 33.3 Å². The molecule has 0 radical (unpaired) electrons. The maximum atomic E-state index is 12.3. The van der Waals surface area contributed by atoms with Crippen LogP contribution in [0.4, 0.5) is 9.80 Å². The summed E-state index contributed by atoms with van der Waals surface area (Å²) in [6.45, 7) is 7.02. The lowest BCUT2D eigenvalue weighted by Crippen LogP contribution is -2.34. The summed E-state index contributed by atoms with van der Waals surface area (Å²) in [5, 5.41) is 16.0. The van der Waals surface area contributed by atoms with Crippen LogP contribution < -0.4 is 15.5 Å². The molecule has 2 aromatic rings. The highest BCUT2D eigenvalue weighted by atomic mass is 32.1. The van der Waals surface area contributed by atoms with Gasteiger partial charge in [0.2, 0.25) is 0 Å². The van der Waals surface area contributed by atoms with Crippen LogP contribution in [0.3, 0.4) is 0 Å². The molecule has 1 aromatic heterocycles. The van der Waals surface area contributed by atoms with Gasteiger partial charge in [-0.3, -0.25) is 10.1 Å². The van der Waals surface area contributed by atoms with Gasteiger partial charge in [-0.05, 0) is 63.5 Å². The highest BCUT2D eigenvalue weighted by Gasteiger charge is 2.18. The van der Waals surface area contributed by atoms with Crippen LogP contribution in [0.1, 0.15) is 37.6 Å². The van der Waals surface area contributed by atoms with Crippen LogP contribution in [-0.4, -0.2) is 34.8 Å². The predicted molar refractivity (Wildman–Crippen MR) is 109 cm³/mol. The third kappa shape index (κ3) is 6.02. The maximum absolute atomic E-state index is 12.3. The summed E-state index contributed by atoms with van der Waals surface area (Å²) in [6.07, 6.45) is -1.39. The molecule has 9 nitrogen and oxygen atoms in total. The van der Waals surface area contributed by atoms with Gasteiger partial charge < -0.3 is 9.47 Å². The average Bonchev–Trinajstić information content (AvgIpc) is 3.06. The number of rotatable bonds is 7. The quantitative estimate of drug-likeness (QED) is 0.528. The number of amides is 2. The van der Waals surface area contributed by atoms with Crippen molar-refractivity contribution in [3.05, 3.63) is 41.1 Å². The smallest absolute Gasteiger partial charge is 0.412 e. The summed E-state index contributed by atoms with van der Waals surface area (Å²) < 4.78 is 14.6. The minimum atomic E-state index is -0.807. The lowest BCUT2D eigenvalue weighted by atomic mass is 10.2. The summed E-state index contributed by atoms with van der Waals surface area (Å²) in [4.78, 5) is 23.9. The van der Waals surface area contributed by atoms with Gasteiger partial charge in [0, 0.05) is 0 Å². The summed E-state index contributed by atoms with van der Waals surface area (Å²) in [7, 11) is 0. The lowest BCUT2D eigenvalue weighted by molar-refractivity contribution is -0.127. The Balaban J connectivity index is 2.03. The molecule has 0 aliphatic carbocycles. The average molecular weight is 415 g/mol. The van der Waals surface area contributed by atoms with Crippen LogP contribution in [0.25, 0.3) is 0 Å². The molecule has 10 heteroatoms. The number of aryl methyl sites for hydroxylation is 1. The first-order valence-electron chi connectivity index (χ1n) is 8.77. The Bertz CT molecular complexity index is 946. The Morgan fingerprint density at radius 3 is 2.66 bits per heavy atom. The number of hydrazone groups is 1. The Morgan fingerprint density at radius 1 is 1.34 bits per heavy atom. The molecule has 2 rings (SSSR count). The van der Waals surface area contributed by atoms with Gasteiger partial charge in [0.25, 0.3) is 5.91 Å². The molecular formula is C19H21N5O4S. The molecule has 1 heterocycles. The number of hydrogen-bond acceptors (Lipinski definition) is 8. The molecule has 0 saturated carbocycles. The Morgan fingerprint density at radius 2 is 2.03 bits per heavy atom. The van der Waals surface area contributed by atoms with Crippen molar-refractivity contribution in [2.75, 3.05) is 11.9 Å². The van der Waals surface area contributed by atoms with E-state index in [0.717, 1.165) is 11.5 Å². The molecule has 1 atom stereocenters. The molecule has 0 bridgehead atoms. The van der Waals surface area contributed by atoms with Crippen molar-refractivity contribution in [1.82, 2.24) is 9.80 Å². The van der Waals surface area contributed by atoms with Crippen LogP contribution in [0.5, 0.6) is 5.75 Å². The number of aromatic nitrogens is 1. The maximum Gasteiger partial charge on any atom is 0.412 e. The van der Waals surface area contributed by atoms with Crippen molar-refractivity contribution in [1.29, 1.82) is 5.26 Å². The van der Waals surface area contributed by atoms with Crippen molar-refractivity contribution in [2.24, 2.45) is 5.10 Å². The van der Waals surface area contributed by atoms with Gasteiger partial charge in [-0.15, -0.1) is 0 Å². The largest absolute Gasteiger partial charge is 0.481 e. The van der Waals surface area contributed by atoms with Crippen molar-refractivity contribution < 1.29 is 19.1 Å². The SMILES string of the molecule is CCOC(=O)Nc1snc(C)c1/C(C)=N/NC(=O)[C@@H](C)Oc1ccc(C#N)cc1. The first-order valence-corrected chi connectivity index (χ1v) is 9.54. The van der Waals surface area contributed by atoms with E-state index in [4.69, 9.17) is 14.7 Å². The number of carbonyl (C=O) groups is 2. The Hall–Kier alpha value is -3.45. The molecule has 2 amide bonds. The van der Waals surface area contributed by atoms with Crippen LogP contribution in [0.2, 0.25) is 0 Å². The molecule has 29 heavy (non-hydrogen) atoms. The monoisotopic (exact) mass is 415 g/mol. The molecule has 2 N–H and O–H groups in total. The number of nitriles is 1. The molecule has 0 unspecified atom stereocenters. The standard InChI is InChI=1S/C19H21N5O4S/c1-5-27-19(26)21-18-16(12(3)24-29-18)11(2)22-23-17(25)13(4)28-15-8-6-14(10-20)7-9-15/h6-9,13H,5H2,1-4H3,(H,21,26)(H,23,25)/b22-11+/t13-/m1/s1. The fourth-order valence-electron chi connectivity index (χ4n) is 2.29. The second-order valence-corrected chi connectivity index (χ2v) is 6.66. The fraction of sp³-hybridized carbons (Fsp3) is 0.316. The normalized spacial score (nSPS) is 11.9. The van der Waals surface area contributed by atoms with E-state index in [1.807, 2.05) is 6.07 Å². The number of ether oxygens (including phenoxy) is 2. The van der Waals surface area contributed by atoms with Gasteiger partial charge in [0.05, 0.1) is 35.2 Å². The summed E-state index contributed by atoms with van der Waals surface area (Å²) in [5.74, 6) is 0.0145. The Kier molecular flexibility index (Phi) is 7.68. The first kappa shape index (κ1) is 21.8. The van der Waals surface area contributed by atoms with Gasteiger partial charge in [-0.1, -0.05) is 0 Å². The number of nitrogens with one attached hydrogen (secondary N) is 2. The van der Waals surface area contributed by atoms with E-state index in [2.05, 4.69) is 20.2 Å². The zero-order chi connectivity index (χ0) is 21.4. The number of anilines is 1. The van der Waals surface area contributed by atoms with E-state index < -0.39 is 18.1 Å². The van der Waals surface area contributed by atoms with Crippen molar-refractivity contribution >= 4 is 34.2 Å². The van der Waals surface area contributed by atoms with Gasteiger partial charge in [0.15, 0.2) is 6.10 Å². The van der Waals surface area contributed by atoms with Gasteiger partial charge in [-0.25, -0.2) is 10.2 Å². The summed E-state index contributed by atoms with van der Waals surface area (Å²) in [5.41, 5.74) is 4.71. The molecule has 152 valence electrons. The number of benzene rings is 1. The van der Waals surface area contributed by atoms with Gasteiger partial charge in [0.1, 0.15) is 10.8 Å². The highest BCUT2D eigenvalue weighted by molar-refractivity contribution is 7.11. The van der Waals surface area contributed by atoms with Gasteiger partial charge >= 0.3 is 6.09 Å².